The number of halogens is 1. The van der Waals surface area contributed by atoms with E-state index < -0.39 is 0 Å². The Labute approximate surface area is 142 Å². The van der Waals surface area contributed by atoms with Gasteiger partial charge in [-0.15, -0.1) is 0 Å². The van der Waals surface area contributed by atoms with Crippen LogP contribution in [0.5, 0.6) is 5.75 Å². The highest BCUT2D eigenvalue weighted by Gasteiger charge is 2.19. The molecule has 4 nitrogen and oxygen atoms in total. The molecule has 124 valence electrons. The molecule has 0 aromatic heterocycles. The second-order valence-corrected chi connectivity index (χ2v) is 7.15. The molecule has 1 aromatic rings. The van der Waals surface area contributed by atoms with Gasteiger partial charge in [-0.1, -0.05) is 29.8 Å². The SMILES string of the molecule is CC(C)Oc1cc(Br)ccc1C(=O)N(C)CCC(N)C(C)C. The van der Waals surface area contributed by atoms with Crippen molar-refractivity contribution in [1.29, 1.82) is 0 Å². The number of hydrogen-bond donors (Lipinski definition) is 1. The van der Waals surface area contributed by atoms with Crippen LogP contribution in [0.2, 0.25) is 0 Å². The van der Waals surface area contributed by atoms with Crippen LogP contribution in [0.4, 0.5) is 0 Å². The highest BCUT2D eigenvalue weighted by molar-refractivity contribution is 9.10. The third-order valence-corrected chi connectivity index (χ3v) is 4.03. The first kappa shape index (κ1) is 19.0. The molecule has 0 heterocycles. The molecule has 0 saturated heterocycles. The van der Waals surface area contributed by atoms with Crippen molar-refractivity contribution in [2.45, 2.75) is 46.3 Å². The molecular weight excluding hydrogens is 344 g/mol. The van der Waals surface area contributed by atoms with Crippen molar-refractivity contribution < 1.29 is 9.53 Å². The van der Waals surface area contributed by atoms with Gasteiger partial charge in [-0.3, -0.25) is 4.79 Å². The summed E-state index contributed by atoms with van der Waals surface area (Å²) >= 11 is 3.42. The maximum absolute atomic E-state index is 12.6. The van der Waals surface area contributed by atoms with Crippen LogP contribution in [0, 0.1) is 5.92 Å². The molecule has 0 saturated carbocycles. The van der Waals surface area contributed by atoms with E-state index in [2.05, 4.69) is 29.8 Å². The van der Waals surface area contributed by atoms with E-state index in [9.17, 15) is 4.79 Å². The predicted octanol–water partition coefficient (Wildman–Crippen LogP) is 3.68. The van der Waals surface area contributed by atoms with Gasteiger partial charge in [0, 0.05) is 24.1 Å². The van der Waals surface area contributed by atoms with Gasteiger partial charge in [0.2, 0.25) is 0 Å². The molecule has 1 unspecified atom stereocenters. The lowest BCUT2D eigenvalue weighted by molar-refractivity contribution is 0.0783. The van der Waals surface area contributed by atoms with Crippen LogP contribution in [0.15, 0.2) is 22.7 Å². The minimum absolute atomic E-state index is 0.0144. The Morgan fingerprint density at radius 3 is 2.50 bits per heavy atom. The standard InChI is InChI=1S/C17H27BrN2O2/c1-11(2)15(19)8-9-20(5)17(21)14-7-6-13(18)10-16(14)22-12(3)4/h6-7,10-12,15H,8-9,19H2,1-5H3. The van der Waals surface area contributed by atoms with Crippen molar-refractivity contribution in [3.63, 3.8) is 0 Å². The number of rotatable bonds is 7. The fourth-order valence-corrected chi connectivity index (χ4v) is 2.35. The second kappa shape index (κ2) is 8.53. The number of nitrogens with two attached hydrogens (primary N) is 1. The van der Waals surface area contributed by atoms with Crippen molar-refractivity contribution >= 4 is 21.8 Å². The van der Waals surface area contributed by atoms with Gasteiger partial charge in [-0.2, -0.15) is 0 Å². The van der Waals surface area contributed by atoms with Crippen molar-refractivity contribution in [3.8, 4) is 5.75 Å². The Balaban J connectivity index is 2.83. The van der Waals surface area contributed by atoms with E-state index in [1.807, 2.05) is 26.0 Å². The quantitative estimate of drug-likeness (QED) is 0.796. The fraction of sp³-hybridized carbons (Fsp3) is 0.588. The molecule has 1 aromatic carbocycles. The first-order chi connectivity index (χ1) is 10.2. The van der Waals surface area contributed by atoms with E-state index in [0.29, 0.717) is 23.8 Å². The molecule has 0 spiro atoms. The lowest BCUT2D eigenvalue weighted by Crippen LogP contribution is -2.34. The summed E-state index contributed by atoms with van der Waals surface area (Å²) in [6, 6.07) is 5.59. The molecule has 1 rings (SSSR count). The first-order valence-corrected chi connectivity index (χ1v) is 8.49. The Kier molecular flexibility index (Phi) is 7.36. The molecule has 0 aliphatic heterocycles. The largest absolute Gasteiger partial charge is 0.490 e. The minimum Gasteiger partial charge on any atom is -0.490 e. The summed E-state index contributed by atoms with van der Waals surface area (Å²) in [6.07, 6.45) is 0.803. The number of ether oxygens (including phenoxy) is 1. The summed E-state index contributed by atoms with van der Waals surface area (Å²) in [6.45, 7) is 8.71. The lowest BCUT2D eigenvalue weighted by Gasteiger charge is -2.23. The summed E-state index contributed by atoms with van der Waals surface area (Å²) in [5.41, 5.74) is 6.63. The number of carbonyl (C=O) groups excluding carboxylic acids is 1. The first-order valence-electron chi connectivity index (χ1n) is 7.69. The van der Waals surface area contributed by atoms with Crippen LogP contribution in [0.25, 0.3) is 0 Å². The number of carbonyl (C=O) groups is 1. The number of nitrogens with zero attached hydrogens (tertiary/aromatic N) is 1. The summed E-state index contributed by atoms with van der Waals surface area (Å²) in [7, 11) is 1.80. The second-order valence-electron chi connectivity index (χ2n) is 6.23. The van der Waals surface area contributed by atoms with E-state index in [1.54, 1.807) is 18.0 Å². The van der Waals surface area contributed by atoms with Crippen molar-refractivity contribution in [2.75, 3.05) is 13.6 Å². The molecule has 0 bridgehead atoms. The minimum atomic E-state index is -0.0425. The van der Waals surface area contributed by atoms with Gasteiger partial charge in [-0.25, -0.2) is 0 Å². The molecular formula is C17H27BrN2O2. The molecule has 1 atom stereocenters. The van der Waals surface area contributed by atoms with Crippen LogP contribution in [0.1, 0.15) is 44.5 Å². The Bertz CT molecular complexity index is 503. The maximum atomic E-state index is 12.6. The zero-order valence-electron chi connectivity index (χ0n) is 14.1. The number of amides is 1. The van der Waals surface area contributed by atoms with Crippen LogP contribution >= 0.6 is 15.9 Å². The number of hydrogen-bond acceptors (Lipinski definition) is 3. The van der Waals surface area contributed by atoms with Crippen molar-refractivity contribution in [3.05, 3.63) is 28.2 Å². The fourth-order valence-electron chi connectivity index (χ4n) is 2.01. The normalized spacial score (nSPS) is 12.6. The molecule has 2 N–H and O–H groups in total. The van der Waals surface area contributed by atoms with E-state index >= 15 is 0 Å². The van der Waals surface area contributed by atoms with Crippen LogP contribution in [-0.4, -0.2) is 36.5 Å². The molecule has 5 heteroatoms. The zero-order chi connectivity index (χ0) is 16.9. The van der Waals surface area contributed by atoms with Gasteiger partial charge in [0.25, 0.3) is 5.91 Å². The molecule has 0 aliphatic carbocycles. The summed E-state index contributed by atoms with van der Waals surface area (Å²) in [5, 5.41) is 0. The molecule has 22 heavy (non-hydrogen) atoms. The number of benzene rings is 1. The van der Waals surface area contributed by atoms with Crippen LogP contribution in [-0.2, 0) is 0 Å². The van der Waals surface area contributed by atoms with Gasteiger partial charge >= 0.3 is 0 Å². The van der Waals surface area contributed by atoms with Gasteiger partial charge in [-0.05, 0) is 44.4 Å². The van der Waals surface area contributed by atoms with Gasteiger partial charge in [0.05, 0.1) is 11.7 Å². The third kappa shape index (κ3) is 5.61. The lowest BCUT2D eigenvalue weighted by atomic mass is 10.0. The van der Waals surface area contributed by atoms with E-state index in [-0.39, 0.29) is 18.1 Å². The molecule has 0 fully saturated rings. The van der Waals surface area contributed by atoms with Gasteiger partial charge in [0.15, 0.2) is 0 Å². The molecule has 0 aliphatic rings. The van der Waals surface area contributed by atoms with E-state index in [1.165, 1.54) is 0 Å². The third-order valence-electron chi connectivity index (χ3n) is 3.54. The monoisotopic (exact) mass is 370 g/mol. The molecule has 0 radical (unpaired) electrons. The average Bonchev–Trinajstić information content (AvgIpc) is 2.43. The average molecular weight is 371 g/mol. The molecule has 1 amide bonds. The maximum Gasteiger partial charge on any atom is 0.257 e. The smallest absolute Gasteiger partial charge is 0.257 e. The Hall–Kier alpha value is -1.07. The highest BCUT2D eigenvalue weighted by atomic mass is 79.9. The van der Waals surface area contributed by atoms with Crippen molar-refractivity contribution in [2.24, 2.45) is 11.7 Å². The van der Waals surface area contributed by atoms with Gasteiger partial charge < -0.3 is 15.4 Å². The van der Waals surface area contributed by atoms with Gasteiger partial charge in [0.1, 0.15) is 5.75 Å². The zero-order valence-corrected chi connectivity index (χ0v) is 15.7. The predicted molar refractivity (Wildman–Crippen MR) is 94.3 cm³/mol. The topological polar surface area (TPSA) is 55.6 Å². The van der Waals surface area contributed by atoms with Crippen LogP contribution in [0.3, 0.4) is 0 Å². The van der Waals surface area contributed by atoms with E-state index in [0.717, 1.165) is 10.9 Å². The highest BCUT2D eigenvalue weighted by Crippen LogP contribution is 2.26. The van der Waals surface area contributed by atoms with Crippen LogP contribution < -0.4 is 10.5 Å². The van der Waals surface area contributed by atoms with E-state index in [4.69, 9.17) is 10.5 Å². The Morgan fingerprint density at radius 1 is 1.32 bits per heavy atom. The summed E-state index contributed by atoms with van der Waals surface area (Å²) in [5.74, 6) is 0.976. The Morgan fingerprint density at radius 2 is 1.95 bits per heavy atom. The van der Waals surface area contributed by atoms with Crippen molar-refractivity contribution in [1.82, 2.24) is 4.90 Å². The summed E-state index contributed by atoms with van der Waals surface area (Å²) in [4.78, 5) is 14.3. The summed E-state index contributed by atoms with van der Waals surface area (Å²) < 4.78 is 6.65.